The molecular weight excluding hydrogens is 246 g/mol. The maximum absolute atomic E-state index is 12.2. The molecule has 0 bridgehead atoms. The second kappa shape index (κ2) is 4.87. The Morgan fingerprint density at radius 3 is 2.32 bits per heavy atom. The molecule has 1 saturated heterocycles. The third-order valence-electron chi connectivity index (χ3n) is 3.32. The van der Waals surface area contributed by atoms with Gasteiger partial charge in [-0.2, -0.15) is 0 Å². The van der Waals surface area contributed by atoms with Gasteiger partial charge in [0.15, 0.2) is 0 Å². The summed E-state index contributed by atoms with van der Waals surface area (Å²) in [6, 6.07) is -0.695. The molecule has 1 atom stereocenters. The van der Waals surface area contributed by atoms with E-state index in [4.69, 9.17) is 9.47 Å². The Hall–Kier alpha value is -1.52. The normalized spacial score (nSPS) is 22.3. The summed E-state index contributed by atoms with van der Waals surface area (Å²) < 4.78 is 10.1. The first-order chi connectivity index (χ1) is 8.50. The molecule has 0 aromatic heterocycles. The molecule has 0 aromatic carbocycles. The van der Waals surface area contributed by atoms with E-state index in [0.29, 0.717) is 6.54 Å². The van der Waals surface area contributed by atoms with Crippen molar-refractivity contribution in [1.29, 1.82) is 0 Å². The first kappa shape index (κ1) is 15.5. The standard InChI is InChI=1S/C14H23NO4/c1-9-8-15(12(17)19-13(2,3)4)10(11(16)18-7)14(9,5)6/h10H,1,8H2,2-7H3. The van der Waals surface area contributed by atoms with E-state index in [1.54, 1.807) is 20.8 Å². The van der Waals surface area contributed by atoms with Gasteiger partial charge in [0.25, 0.3) is 0 Å². The average Bonchev–Trinajstić information content (AvgIpc) is 2.47. The van der Waals surface area contributed by atoms with Crippen LogP contribution in [0.4, 0.5) is 4.79 Å². The zero-order valence-corrected chi connectivity index (χ0v) is 12.6. The van der Waals surface area contributed by atoms with Gasteiger partial charge in [-0.25, -0.2) is 9.59 Å². The van der Waals surface area contributed by atoms with Gasteiger partial charge in [0.05, 0.1) is 7.11 Å². The number of rotatable bonds is 1. The lowest BCUT2D eigenvalue weighted by molar-refractivity contribution is -0.148. The van der Waals surface area contributed by atoms with Gasteiger partial charge in [-0.1, -0.05) is 20.4 Å². The van der Waals surface area contributed by atoms with E-state index in [9.17, 15) is 9.59 Å². The van der Waals surface area contributed by atoms with E-state index >= 15 is 0 Å². The van der Waals surface area contributed by atoms with Crippen molar-refractivity contribution in [3.05, 3.63) is 12.2 Å². The SMILES string of the molecule is C=C1CN(C(=O)OC(C)(C)C)C(C(=O)OC)C1(C)C. The molecule has 0 saturated carbocycles. The van der Waals surface area contributed by atoms with Crippen LogP contribution < -0.4 is 0 Å². The summed E-state index contributed by atoms with van der Waals surface area (Å²) in [5.41, 5.74) is -0.315. The predicted octanol–water partition coefficient (Wildman–Crippen LogP) is 2.36. The zero-order valence-electron chi connectivity index (χ0n) is 12.6. The Morgan fingerprint density at radius 2 is 1.89 bits per heavy atom. The van der Waals surface area contributed by atoms with E-state index in [2.05, 4.69) is 6.58 Å². The highest BCUT2D eigenvalue weighted by Gasteiger charge is 2.51. The molecule has 0 N–H and O–H groups in total. The van der Waals surface area contributed by atoms with Crippen molar-refractivity contribution >= 4 is 12.1 Å². The predicted molar refractivity (Wildman–Crippen MR) is 71.7 cm³/mol. The Bertz CT molecular complexity index is 406. The molecule has 5 nitrogen and oxygen atoms in total. The minimum absolute atomic E-state index is 0.307. The fourth-order valence-corrected chi connectivity index (χ4v) is 2.11. The molecule has 1 rings (SSSR count). The minimum Gasteiger partial charge on any atom is -0.467 e. The second-order valence-electron chi connectivity index (χ2n) is 6.36. The minimum atomic E-state index is -0.695. The van der Waals surface area contributed by atoms with E-state index in [1.807, 2.05) is 13.8 Å². The molecule has 1 unspecified atom stereocenters. The smallest absolute Gasteiger partial charge is 0.411 e. The van der Waals surface area contributed by atoms with E-state index in [-0.39, 0.29) is 0 Å². The van der Waals surface area contributed by atoms with Crippen LogP contribution in [0.15, 0.2) is 12.2 Å². The third kappa shape index (κ3) is 3.08. The molecule has 0 radical (unpaired) electrons. The molecule has 0 aromatic rings. The van der Waals surface area contributed by atoms with Crippen molar-refractivity contribution in [2.45, 2.75) is 46.3 Å². The van der Waals surface area contributed by atoms with Crippen molar-refractivity contribution < 1.29 is 19.1 Å². The number of ether oxygens (including phenoxy) is 2. The summed E-state index contributed by atoms with van der Waals surface area (Å²) in [4.78, 5) is 25.5. The van der Waals surface area contributed by atoms with E-state index in [0.717, 1.165) is 5.57 Å². The number of esters is 1. The largest absolute Gasteiger partial charge is 0.467 e. The highest BCUT2D eigenvalue weighted by Crippen LogP contribution is 2.40. The van der Waals surface area contributed by atoms with Crippen molar-refractivity contribution in [2.75, 3.05) is 13.7 Å². The van der Waals surface area contributed by atoms with Gasteiger partial charge in [-0.05, 0) is 26.3 Å². The molecule has 19 heavy (non-hydrogen) atoms. The Balaban J connectivity index is 3.03. The lowest BCUT2D eigenvalue weighted by atomic mass is 9.81. The van der Waals surface area contributed by atoms with Crippen LogP contribution in [-0.2, 0) is 14.3 Å². The number of carbonyl (C=O) groups excluding carboxylic acids is 2. The summed E-state index contributed by atoms with van der Waals surface area (Å²) in [7, 11) is 1.31. The highest BCUT2D eigenvalue weighted by atomic mass is 16.6. The molecular formula is C14H23NO4. The summed E-state index contributed by atoms with van der Waals surface area (Å²) in [6.07, 6.45) is -0.519. The Morgan fingerprint density at radius 1 is 1.37 bits per heavy atom. The van der Waals surface area contributed by atoms with Crippen LogP contribution in [0.3, 0.4) is 0 Å². The molecule has 0 aliphatic carbocycles. The van der Waals surface area contributed by atoms with Crippen LogP contribution in [0, 0.1) is 5.41 Å². The van der Waals surface area contributed by atoms with Crippen molar-refractivity contribution in [3.8, 4) is 0 Å². The zero-order chi connectivity index (χ0) is 15.0. The van der Waals surface area contributed by atoms with Crippen LogP contribution in [-0.4, -0.2) is 42.3 Å². The Kier molecular flexibility index (Phi) is 3.98. The lowest BCUT2D eigenvalue weighted by Crippen LogP contribution is -2.48. The number of likely N-dealkylation sites (tertiary alicyclic amines) is 1. The van der Waals surface area contributed by atoms with Crippen LogP contribution in [0.1, 0.15) is 34.6 Å². The topological polar surface area (TPSA) is 55.8 Å². The van der Waals surface area contributed by atoms with Crippen molar-refractivity contribution in [2.24, 2.45) is 5.41 Å². The molecule has 1 fully saturated rings. The highest BCUT2D eigenvalue weighted by molar-refractivity contribution is 5.84. The monoisotopic (exact) mass is 269 g/mol. The third-order valence-corrected chi connectivity index (χ3v) is 3.32. The van der Waals surface area contributed by atoms with Crippen LogP contribution in [0.25, 0.3) is 0 Å². The number of hydrogen-bond donors (Lipinski definition) is 0. The van der Waals surface area contributed by atoms with Gasteiger partial charge >= 0.3 is 12.1 Å². The van der Waals surface area contributed by atoms with Crippen LogP contribution in [0.2, 0.25) is 0 Å². The number of amides is 1. The maximum atomic E-state index is 12.2. The summed E-state index contributed by atoms with van der Waals surface area (Å²) >= 11 is 0. The van der Waals surface area contributed by atoms with Crippen molar-refractivity contribution in [3.63, 3.8) is 0 Å². The second-order valence-corrected chi connectivity index (χ2v) is 6.36. The van der Waals surface area contributed by atoms with Crippen LogP contribution >= 0.6 is 0 Å². The summed E-state index contributed by atoms with van der Waals surface area (Å²) in [5.74, 6) is -0.450. The van der Waals surface area contributed by atoms with Gasteiger partial charge < -0.3 is 9.47 Å². The molecule has 0 spiro atoms. The molecule has 5 heteroatoms. The van der Waals surface area contributed by atoms with Gasteiger partial charge in [0.2, 0.25) is 0 Å². The molecule has 1 aliphatic rings. The molecule has 108 valence electrons. The molecule has 1 amide bonds. The first-order valence-electron chi connectivity index (χ1n) is 6.26. The van der Waals surface area contributed by atoms with Crippen molar-refractivity contribution in [1.82, 2.24) is 4.90 Å². The summed E-state index contributed by atoms with van der Waals surface area (Å²) in [6.45, 7) is 13.4. The Labute approximate surface area is 114 Å². The first-order valence-corrected chi connectivity index (χ1v) is 6.26. The van der Waals surface area contributed by atoms with Gasteiger partial charge in [-0.3, -0.25) is 4.90 Å². The van der Waals surface area contributed by atoms with E-state index < -0.39 is 29.1 Å². The number of methoxy groups -OCH3 is 1. The number of nitrogens with zero attached hydrogens (tertiary/aromatic N) is 1. The lowest BCUT2D eigenvalue weighted by Gasteiger charge is -2.31. The van der Waals surface area contributed by atoms with Gasteiger partial charge in [0.1, 0.15) is 11.6 Å². The van der Waals surface area contributed by atoms with Gasteiger partial charge in [0, 0.05) is 12.0 Å². The molecule has 1 aliphatic heterocycles. The van der Waals surface area contributed by atoms with Crippen LogP contribution in [0.5, 0.6) is 0 Å². The molecule has 1 heterocycles. The average molecular weight is 269 g/mol. The number of carbonyl (C=O) groups is 2. The van der Waals surface area contributed by atoms with E-state index in [1.165, 1.54) is 12.0 Å². The fourth-order valence-electron chi connectivity index (χ4n) is 2.11. The van der Waals surface area contributed by atoms with Gasteiger partial charge in [-0.15, -0.1) is 0 Å². The maximum Gasteiger partial charge on any atom is 0.411 e. The number of hydrogen-bond acceptors (Lipinski definition) is 4. The quantitative estimate of drug-likeness (QED) is 0.541. The summed E-state index contributed by atoms with van der Waals surface area (Å²) in [5, 5.41) is 0. The fraction of sp³-hybridized carbons (Fsp3) is 0.714.